The lowest BCUT2D eigenvalue weighted by atomic mass is 10.2. The molecule has 4 nitrogen and oxygen atoms in total. The van der Waals surface area contributed by atoms with Gasteiger partial charge in [-0.05, 0) is 0 Å². The Bertz CT molecular complexity index is 105. The summed E-state index contributed by atoms with van der Waals surface area (Å²) in [6.45, 7) is -0.716. The van der Waals surface area contributed by atoms with Gasteiger partial charge in [-0.1, -0.05) is 0 Å². The van der Waals surface area contributed by atoms with Crippen LogP contribution in [-0.4, -0.2) is 40.4 Å². The maximum atomic E-state index is 9.89. The number of carbonyl (C=O) groups excluding carboxylic acids is 1. The third kappa shape index (κ3) is 2.02. The van der Waals surface area contributed by atoms with Crippen LogP contribution in [0.3, 0.4) is 0 Å². The molecule has 0 aromatic rings. The van der Waals surface area contributed by atoms with E-state index >= 15 is 0 Å². The van der Waals surface area contributed by atoms with Crippen molar-refractivity contribution in [2.45, 2.75) is 12.2 Å². The lowest BCUT2D eigenvalue weighted by Gasteiger charge is -2.06. The lowest BCUT2D eigenvalue weighted by molar-refractivity contribution is -0.121. The standard InChI is InChI=1S/C4H8O4/c5-1-3(7)4(8)2-6/h1,3-4,6-8H,2H2/t3-,4+/m0/s1/i1D. The number of carbonyl (C=O) groups is 1. The number of aliphatic hydroxyl groups excluding tert-OH is 3. The predicted molar refractivity (Wildman–Crippen MR) is 25.2 cm³/mol. The molecule has 0 aromatic heterocycles. The summed E-state index contributed by atoms with van der Waals surface area (Å²) in [6.07, 6.45) is -4.61. The molecule has 0 unspecified atom stereocenters. The van der Waals surface area contributed by atoms with E-state index in [1.807, 2.05) is 0 Å². The predicted octanol–water partition coefficient (Wildman–Crippen LogP) is -2.10. The van der Waals surface area contributed by atoms with Crippen molar-refractivity contribution in [2.75, 3.05) is 6.61 Å². The normalized spacial score (nSPS) is 19.1. The number of hydrogen-bond acceptors (Lipinski definition) is 4. The molecule has 0 saturated heterocycles. The summed E-state index contributed by atoms with van der Waals surface area (Å²) in [6, 6.07) is 0. The molecule has 48 valence electrons. The van der Waals surface area contributed by atoms with Crippen molar-refractivity contribution >= 4 is 6.26 Å². The van der Waals surface area contributed by atoms with Crippen LogP contribution in [0.2, 0.25) is 0 Å². The fourth-order valence-electron chi connectivity index (χ4n) is 0.178. The Morgan fingerprint density at radius 3 is 2.38 bits per heavy atom. The zero-order chi connectivity index (χ0) is 7.44. The molecule has 0 rings (SSSR count). The van der Waals surface area contributed by atoms with Gasteiger partial charge < -0.3 is 20.1 Å². The smallest absolute Gasteiger partial charge is 0.151 e. The molecular formula is C4H8O4. The molecule has 0 radical (unpaired) electrons. The van der Waals surface area contributed by atoms with Gasteiger partial charge in [0.05, 0.1) is 6.61 Å². The molecule has 0 aliphatic carbocycles. The van der Waals surface area contributed by atoms with Crippen LogP contribution >= 0.6 is 0 Å². The lowest BCUT2D eigenvalue weighted by Crippen LogP contribution is -2.30. The van der Waals surface area contributed by atoms with Gasteiger partial charge in [-0.15, -0.1) is 0 Å². The number of aldehydes is 1. The summed E-state index contributed by atoms with van der Waals surface area (Å²) in [4.78, 5) is 9.89. The van der Waals surface area contributed by atoms with Gasteiger partial charge in [0.15, 0.2) is 6.26 Å². The van der Waals surface area contributed by atoms with Crippen LogP contribution in [0, 0.1) is 0 Å². The third-order valence-electron chi connectivity index (χ3n) is 0.672. The van der Waals surface area contributed by atoms with Crippen LogP contribution in [0.25, 0.3) is 0 Å². The molecule has 2 atom stereocenters. The van der Waals surface area contributed by atoms with E-state index in [0.29, 0.717) is 0 Å². The van der Waals surface area contributed by atoms with Crippen molar-refractivity contribution in [2.24, 2.45) is 0 Å². The second-order valence-electron chi connectivity index (χ2n) is 1.31. The number of aliphatic hydroxyl groups is 3. The monoisotopic (exact) mass is 121 g/mol. The van der Waals surface area contributed by atoms with Crippen LogP contribution in [0.1, 0.15) is 1.37 Å². The maximum Gasteiger partial charge on any atom is 0.151 e. The fraction of sp³-hybridized carbons (Fsp3) is 0.750. The maximum absolute atomic E-state index is 9.89. The van der Waals surface area contributed by atoms with Crippen molar-refractivity contribution in [3.05, 3.63) is 0 Å². The van der Waals surface area contributed by atoms with Crippen LogP contribution < -0.4 is 0 Å². The van der Waals surface area contributed by atoms with Crippen molar-refractivity contribution in [1.82, 2.24) is 0 Å². The summed E-state index contributed by atoms with van der Waals surface area (Å²) in [5, 5.41) is 25.0. The zero-order valence-corrected chi connectivity index (χ0v) is 4.11. The quantitative estimate of drug-likeness (QED) is 0.374. The first-order valence-corrected chi connectivity index (χ1v) is 2.07. The first kappa shape index (κ1) is 5.68. The molecule has 0 aliphatic rings. The molecule has 0 fully saturated rings. The molecular weight excluding hydrogens is 112 g/mol. The van der Waals surface area contributed by atoms with Crippen molar-refractivity contribution in [3.63, 3.8) is 0 Å². The summed E-state index contributed by atoms with van der Waals surface area (Å²) in [7, 11) is 0. The highest BCUT2D eigenvalue weighted by Crippen LogP contribution is 1.85. The Balaban J connectivity index is 3.72. The third-order valence-corrected chi connectivity index (χ3v) is 0.672. The van der Waals surface area contributed by atoms with Crippen molar-refractivity contribution in [1.29, 1.82) is 0 Å². The molecule has 4 heteroatoms. The Kier molecular flexibility index (Phi) is 2.51. The van der Waals surface area contributed by atoms with Gasteiger partial charge in [0.25, 0.3) is 0 Å². The zero-order valence-electron chi connectivity index (χ0n) is 5.11. The minimum absolute atomic E-state index is 0.716. The van der Waals surface area contributed by atoms with Gasteiger partial charge in [0, 0.05) is 0 Å². The highest BCUT2D eigenvalue weighted by Gasteiger charge is 2.12. The Hall–Kier alpha value is -0.450. The topological polar surface area (TPSA) is 77.8 Å². The fourth-order valence-corrected chi connectivity index (χ4v) is 0.178. The van der Waals surface area contributed by atoms with Crippen LogP contribution in [0.15, 0.2) is 0 Å². The van der Waals surface area contributed by atoms with Gasteiger partial charge >= 0.3 is 0 Å². The van der Waals surface area contributed by atoms with Gasteiger partial charge in [-0.2, -0.15) is 0 Å². The molecule has 0 bridgehead atoms. The van der Waals surface area contributed by atoms with Gasteiger partial charge in [0.2, 0.25) is 0 Å². The highest BCUT2D eigenvalue weighted by molar-refractivity contribution is 5.56. The first-order chi connectivity index (χ1) is 4.09. The average Bonchev–Trinajstić information content (AvgIpc) is 1.84. The average molecular weight is 121 g/mol. The van der Waals surface area contributed by atoms with E-state index in [2.05, 4.69) is 0 Å². The van der Waals surface area contributed by atoms with Crippen molar-refractivity contribution in [3.8, 4) is 0 Å². The van der Waals surface area contributed by atoms with E-state index in [-0.39, 0.29) is 0 Å². The van der Waals surface area contributed by atoms with Crippen LogP contribution in [0.4, 0.5) is 0 Å². The first-order valence-electron chi connectivity index (χ1n) is 2.57. The second kappa shape index (κ2) is 3.54. The SMILES string of the molecule is [2H]C(=O)[C@H](O)[C@H](O)CO. The van der Waals surface area contributed by atoms with Gasteiger partial charge in [0.1, 0.15) is 13.6 Å². The summed E-state index contributed by atoms with van der Waals surface area (Å²) < 4.78 is 6.26. The van der Waals surface area contributed by atoms with E-state index < -0.39 is 25.1 Å². The second-order valence-corrected chi connectivity index (χ2v) is 1.31. The van der Waals surface area contributed by atoms with E-state index in [9.17, 15) is 4.79 Å². The summed E-state index contributed by atoms with van der Waals surface area (Å²) in [5.74, 6) is 0. The summed E-state index contributed by atoms with van der Waals surface area (Å²) >= 11 is 0. The Morgan fingerprint density at radius 1 is 1.75 bits per heavy atom. The van der Waals surface area contributed by atoms with E-state index in [0.717, 1.165) is 0 Å². The van der Waals surface area contributed by atoms with E-state index in [4.69, 9.17) is 16.7 Å². The molecule has 8 heavy (non-hydrogen) atoms. The van der Waals surface area contributed by atoms with Gasteiger partial charge in [-0.3, -0.25) is 0 Å². The molecule has 0 saturated carbocycles. The molecule has 0 aromatic carbocycles. The molecule has 0 heterocycles. The minimum atomic E-state index is -1.78. The molecule has 3 N–H and O–H groups in total. The van der Waals surface area contributed by atoms with E-state index in [1.165, 1.54) is 0 Å². The van der Waals surface area contributed by atoms with E-state index in [1.54, 1.807) is 0 Å². The number of rotatable bonds is 3. The Labute approximate surface area is 47.8 Å². The number of hydrogen-bond donors (Lipinski definition) is 3. The molecule has 0 aliphatic heterocycles. The highest BCUT2D eigenvalue weighted by atomic mass is 16.4. The van der Waals surface area contributed by atoms with Crippen LogP contribution in [-0.2, 0) is 4.79 Å². The molecule has 0 amide bonds. The minimum Gasteiger partial charge on any atom is -0.394 e. The Morgan fingerprint density at radius 2 is 2.25 bits per heavy atom. The van der Waals surface area contributed by atoms with Gasteiger partial charge in [-0.25, -0.2) is 0 Å². The largest absolute Gasteiger partial charge is 0.394 e. The van der Waals surface area contributed by atoms with Crippen molar-refractivity contribution < 1.29 is 21.5 Å². The molecule has 0 spiro atoms. The van der Waals surface area contributed by atoms with Crippen LogP contribution in [0.5, 0.6) is 0 Å². The summed E-state index contributed by atoms with van der Waals surface area (Å²) in [5.41, 5.74) is 0.